The van der Waals surface area contributed by atoms with Crippen molar-refractivity contribution < 1.29 is 8.42 Å². The molecule has 1 heterocycles. The summed E-state index contributed by atoms with van der Waals surface area (Å²) in [5.74, 6) is 0. The van der Waals surface area contributed by atoms with Crippen LogP contribution in [0.25, 0.3) is 0 Å². The fourth-order valence-corrected chi connectivity index (χ4v) is 3.96. The minimum absolute atomic E-state index is 0.215. The molecule has 0 spiro atoms. The van der Waals surface area contributed by atoms with E-state index < -0.39 is 10.0 Å². The average Bonchev–Trinajstić information content (AvgIpc) is 2.34. The Morgan fingerprint density at radius 2 is 2.17 bits per heavy atom. The number of hydrogen-bond acceptors (Lipinski definition) is 4. The lowest BCUT2D eigenvalue weighted by Gasteiger charge is -2.41. The quantitative estimate of drug-likeness (QED) is 0.854. The van der Waals surface area contributed by atoms with Gasteiger partial charge in [-0.3, -0.25) is 4.98 Å². The number of nitrogens with zero attached hydrogens (tertiary/aromatic N) is 1. The molecule has 1 fully saturated rings. The maximum atomic E-state index is 12.4. The van der Waals surface area contributed by atoms with E-state index in [1.807, 2.05) is 6.92 Å². The highest BCUT2D eigenvalue weighted by molar-refractivity contribution is 7.89. The smallest absolute Gasteiger partial charge is 0.244 e. The molecule has 0 bridgehead atoms. The molecule has 2 N–H and O–H groups in total. The third kappa shape index (κ3) is 2.35. The highest BCUT2D eigenvalue weighted by atomic mass is 32.2. The van der Waals surface area contributed by atoms with Crippen LogP contribution >= 0.6 is 0 Å². The van der Waals surface area contributed by atoms with Crippen LogP contribution in [0.1, 0.15) is 32.6 Å². The van der Waals surface area contributed by atoms with Gasteiger partial charge in [0.25, 0.3) is 0 Å². The van der Waals surface area contributed by atoms with Crippen molar-refractivity contribution in [1.82, 2.24) is 9.71 Å². The van der Waals surface area contributed by atoms with Crippen LogP contribution in [0.2, 0.25) is 0 Å². The van der Waals surface area contributed by atoms with E-state index in [1.165, 1.54) is 6.20 Å². The number of pyridine rings is 1. The van der Waals surface area contributed by atoms with Crippen LogP contribution in [-0.4, -0.2) is 26.0 Å². The van der Waals surface area contributed by atoms with Crippen molar-refractivity contribution in [3.8, 4) is 0 Å². The SMILES string of the molecule is CCC1(NS(=O)(=O)c2cnccc2NC)CCC1. The zero-order valence-electron chi connectivity index (χ0n) is 10.7. The lowest BCUT2D eigenvalue weighted by atomic mass is 9.76. The van der Waals surface area contributed by atoms with Gasteiger partial charge in [0.2, 0.25) is 10.0 Å². The van der Waals surface area contributed by atoms with Crippen LogP contribution in [0.15, 0.2) is 23.4 Å². The Bertz CT molecular complexity index is 518. The number of aromatic nitrogens is 1. The van der Waals surface area contributed by atoms with Crippen LogP contribution in [-0.2, 0) is 10.0 Å². The number of sulfonamides is 1. The van der Waals surface area contributed by atoms with Crippen molar-refractivity contribution >= 4 is 15.7 Å². The molecule has 0 radical (unpaired) electrons. The van der Waals surface area contributed by atoms with Crippen molar-refractivity contribution in [3.05, 3.63) is 18.5 Å². The summed E-state index contributed by atoms with van der Waals surface area (Å²) in [4.78, 5) is 4.12. The van der Waals surface area contributed by atoms with Crippen molar-refractivity contribution in [2.24, 2.45) is 0 Å². The van der Waals surface area contributed by atoms with Gasteiger partial charge in [-0.1, -0.05) is 6.92 Å². The van der Waals surface area contributed by atoms with E-state index in [-0.39, 0.29) is 10.4 Å². The molecule has 0 amide bonds. The van der Waals surface area contributed by atoms with Crippen LogP contribution in [0.3, 0.4) is 0 Å². The molecule has 0 unspecified atom stereocenters. The summed E-state index contributed by atoms with van der Waals surface area (Å²) in [5, 5.41) is 2.88. The molecule has 0 aliphatic heterocycles. The summed E-state index contributed by atoms with van der Waals surface area (Å²) in [7, 11) is -1.81. The Morgan fingerprint density at radius 3 is 2.67 bits per heavy atom. The molecule has 1 aromatic heterocycles. The Balaban J connectivity index is 2.31. The van der Waals surface area contributed by atoms with Gasteiger partial charge in [-0.05, 0) is 31.7 Å². The third-order valence-electron chi connectivity index (χ3n) is 3.68. The monoisotopic (exact) mass is 269 g/mol. The second kappa shape index (κ2) is 4.85. The summed E-state index contributed by atoms with van der Waals surface area (Å²) in [5.41, 5.74) is 0.322. The van der Waals surface area contributed by atoms with Gasteiger partial charge in [-0.15, -0.1) is 0 Å². The fraction of sp³-hybridized carbons (Fsp3) is 0.583. The second-order valence-corrected chi connectivity index (χ2v) is 6.37. The lowest BCUT2D eigenvalue weighted by Crippen LogP contribution is -2.52. The molecule has 1 aliphatic rings. The number of hydrogen-bond donors (Lipinski definition) is 2. The van der Waals surface area contributed by atoms with E-state index in [2.05, 4.69) is 15.0 Å². The first-order valence-corrected chi connectivity index (χ1v) is 7.67. The minimum atomic E-state index is -3.51. The molecule has 0 aromatic carbocycles. The molecule has 6 heteroatoms. The third-order valence-corrected chi connectivity index (χ3v) is 5.29. The zero-order chi connectivity index (χ0) is 13.2. The van der Waals surface area contributed by atoms with E-state index in [1.54, 1.807) is 19.3 Å². The number of nitrogens with one attached hydrogen (secondary N) is 2. The van der Waals surface area contributed by atoms with E-state index in [0.29, 0.717) is 5.69 Å². The van der Waals surface area contributed by atoms with Crippen molar-refractivity contribution in [2.75, 3.05) is 12.4 Å². The highest BCUT2D eigenvalue weighted by Crippen LogP contribution is 2.36. The first-order chi connectivity index (χ1) is 8.53. The first-order valence-electron chi connectivity index (χ1n) is 6.19. The molecule has 1 aromatic rings. The van der Waals surface area contributed by atoms with Crippen molar-refractivity contribution in [1.29, 1.82) is 0 Å². The van der Waals surface area contributed by atoms with Crippen LogP contribution in [0, 0.1) is 0 Å². The molecule has 100 valence electrons. The summed E-state index contributed by atoms with van der Waals surface area (Å²) in [6.07, 6.45) is 6.69. The number of anilines is 1. The Labute approximate surface area is 108 Å². The molecule has 18 heavy (non-hydrogen) atoms. The highest BCUT2D eigenvalue weighted by Gasteiger charge is 2.39. The van der Waals surface area contributed by atoms with Gasteiger partial charge in [0.15, 0.2) is 0 Å². The van der Waals surface area contributed by atoms with E-state index in [0.717, 1.165) is 25.7 Å². The van der Waals surface area contributed by atoms with Crippen molar-refractivity contribution in [3.63, 3.8) is 0 Å². The summed E-state index contributed by atoms with van der Waals surface area (Å²) < 4.78 is 27.6. The minimum Gasteiger partial charge on any atom is -0.387 e. The van der Waals surface area contributed by atoms with Gasteiger partial charge in [0.05, 0.1) is 5.69 Å². The second-order valence-electron chi connectivity index (χ2n) is 4.71. The van der Waals surface area contributed by atoms with E-state index in [4.69, 9.17) is 0 Å². The topological polar surface area (TPSA) is 71.1 Å². The first kappa shape index (κ1) is 13.3. The largest absolute Gasteiger partial charge is 0.387 e. The Morgan fingerprint density at radius 1 is 1.44 bits per heavy atom. The lowest BCUT2D eigenvalue weighted by molar-refractivity contribution is 0.214. The predicted octanol–water partition coefficient (Wildman–Crippen LogP) is 1.73. The van der Waals surface area contributed by atoms with Gasteiger partial charge < -0.3 is 5.32 Å². The molecular formula is C12H19N3O2S. The van der Waals surface area contributed by atoms with Crippen LogP contribution < -0.4 is 10.0 Å². The predicted molar refractivity (Wildman–Crippen MR) is 71.0 cm³/mol. The zero-order valence-corrected chi connectivity index (χ0v) is 11.5. The van der Waals surface area contributed by atoms with Gasteiger partial charge in [0, 0.05) is 25.0 Å². The maximum Gasteiger partial charge on any atom is 0.244 e. The molecule has 0 atom stereocenters. The standard InChI is InChI=1S/C12H19N3O2S/c1-3-12(6-4-7-12)15-18(16,17)11-9-14-8-5-10(11)13-2/h5,8-9,15H,3-4,6-7H2,1-2H3,(H,13,14). The summed E-state index contributed by atoms with van der Waals surface area (Å²) in [6, 6.07) is 1.66. The maximum absolute atomic E-state index is 12.4. The van der Waals surface area contributed by atoms with E-state index in [9.17, 15) is 8.42 Å². The molecule has 0 saturated heterocycles. The fourth-order valence-electron chi connectivity index (χ4n) is 2.27. The van der Waals surface area contributed by atoms with Crippen LogP contribution in [0.4, 0.5) is 5.69 Å². The van der Waals surface area contributed by atoms with Gasteiger partial charge >= 0.3 is 0 Å². The van der Waals surface area contributed by atoms with Gasteiger partial charge in [-0.2, -0.15) is 0 Å². The summed E-state index contributed by atoms with van der Waals surface area (Å²) in [6.45, 7) is 2.02. The molecule has 1 aliphatic carbocycles. The number of rotatable bonds is 5. The van der Waals surface area contributed by atoms with Gasteiger partial charge in [-0.25, -0.2) is 13.1 Å². The Kier molecular flexibility index (Phi) is 3.59. The molecule has 5 nitrogen and oxygen atoms in total. The van der Waals surface area contributed by atoms with E-state index >= 15 is 0 Å². The normalized spacial score (nSPS) is 18.1. The average molecular weight is 269 g/mol. The van der Waals surface area contributed by atoms with Gasteiger partial charge in [0.1, 0.15) is 4.90 Å². The summed E-state index contributed by atoms with van der Waals surface area (Å²) >= 11 is 0. The van der Waals surface area contributed by atoms with Crippen LogP contribution in [0.5, 0.6) is 0 Å². The molecule has 2 rings (SSSR count). The molecule has 1 saturated carbocycles. The molecular weight excluding hydrogens is 250 g/mol. The van der Waals surface area contributed by atoms with Crippen molar-refractivity contribution in [2.45, 2.75) is 43.0 Å². The Hall–Kier alpha value is -1.14.